The quantitative estimate of drug-likeness (QED) is 0.217. The zero-order valence-corrected chi connectivity index (χ0v) is 9.62. The molecule has 0 aromatic heterocycles. The van der Waals surface area contributed by atoms with Crippen LogP contribution >= 0.6 is 0 Å². The molecular formula is C10H19N3O3. The monoisotopic (exact) mass is 229 g/mol. The summed E-state index contributed by atoms with van der Waals surface area (Å²) in [7, 11) is 0. The Kier molecular flexibility index (Phi) is 4.72. The van der Waals surface area contributed by atoms with Gasteiger partial charge in [0.05, 0.1) is 18.8 Å². The molecule has 1 rings (SSSR count). The second kappa shape index (κ2) is 5.83. The standard InChI is InChI=1S/C10H19N3O3/c1-10(2,16-6-8-5-15-8)7-12-4-3-9(11)13-14/h3-4,8,12,14H,5-7H2,1-2H3,(H2,11,13)/b4-3-. The highest BCUT2D eigenvalue weighted by atomic mass is 16.6. The maximum atomic E-state index is 8.35. The summed E-state index contributed by atoms with van der Waals surface area (Å²) in [6.07, 6.45) is 3.27. The lowest BCUT2D eigenvalue weighted by atomic mass is 10.1. The third kappa shape index (κ3) is 5.69. The Labute approximate surface area is 95.1 Å². The smallest absolute Gasteiger partial charge is 0.143 e. The Balaban J connectivity index is 2.13. The van der Waals surface area contributed by atoms with Crippen LogP contribution in [0.15, 0.2) is 12.3 Å². The number of ether oxygens (including phenoxy) is 2. The highest BCUT2D eigenvalue weighted by Crippen LogP contribution is 2.14. The van der Waals surface area contributed by atoms with E-state index >= 15 is 0 Å². The zero-order valence-electron chi connectivity index (χ0n) is 9.62. The average molecular weight is 229 g/mol. The molecule has 0 aromatic carbocycles. The summed E-state index contributed by atoms with van der Waals surface area (Å²) in [5.41, 5.74) is 1.43. The van der Waals surface area contributed by atoms with Crippen molar-refractivity contribution in [2.24, 2.45) is 0 Å². The van der Waals surface area contributed by atoms with Crippen molar-refractivity contribution >= 4 is 5.84 Å². The molecule has 0 saturated carbocycles. The van der Waals surface area contributed by atoms with Gasteiger partial charge in [0.1, 0.15) is 11.9 Å². The molecule has 0 bridgehead atoms. The van der Waals surface area contributed by atoms with Crippen LogP contribution in [0.5, 0.6) is 0 Å². The molecule has 6 heteroatoms. The SMILES string of the molecule is CC(C)(CN/C=C\C(=N)NO)OCC1CO1. The van der Waals surface area contributed by atoms with Crippen LogP contribution in [0.25, 0.3) is 0 Å². The second-order valence-electron chi connectivity index (χ2n) is 4.27. The van der Waals surface area contributed by atoms with Crippen molar-refractivity contribution in [1.82, 2.24) is 10.8 Å². The Hall–Kier alpha value is -1.11. The molecule has 1 fully saturated rings. The largest absolute Gasteiger partial charge is 0.388 e. The summed E-state index contributed by atoms with van der Waals surface area (Å²) >= 11 is 0. The summed E-state index contributed by atoms with van der Waals surface area (Å²) < 4.78 is 10.7. The summed E-state index contributed by atoms with van der Waals surface area (Å²) in [6, 6.07) is 0. The van der Waals surface area contributed by atoms with Crippen LogP contribution in [0.1, 0.15) is 13.8 Å². The van der Waals surface area contributed by atoms with Gasteiger partial charge in [-0.05, 0) is 19.9 Å². The van der Waals surface area contributed by atoms with Crippen LogP contribution in [-0.4, -0.2) is 42.5 Å². The van der Waals surface area contributed by atoms with Gasteiger partial charge >= 0.3 is 0 Å². The van der Waals surface area contributed by atoms with Crippen LogP contribution in [0.2, 0.25) is 0 Å². The van der Waals surface area contributed by atoms with E-state index in [0.717, 1.165) is 6.61 Å². The molecule has 92 valence electrons. The molecule has 6 nitrogen and oxygen atoms in total. The number of hydrogen-bond donors (Lipinski definition) is 4. The average Bonchev–Trinajstić information content (AvgIpc) is 3.05. The minimum absolute atomic E-state index is 0.0717. The van der Waals surface area contributed by atoms with Gasteiger partial charge in [0.25, 0.3) is 0 Å². The maximum Gasteiger partial charge on any atom is 0.143 e. The molecule has 1 unspecified atom stereocenters. The lowest BCUT2D eigenvalue weighted by Gasteiger charge is -2.24. The zero-order chi connectivity index (χ0) is 12.0. The van der Waals surface area contributed by atoms with Gasteiger partial charge in [-0.2, -0.15) is 0 Å². The van der Waals surface area contributed by atoms with Gasteiger partial charge in [-0.1, -0.05) is 0 Å². The van der Waals surface area contributed by atoms with E-state index < -0.39 is 0 Å². The van der Waals surface area contributed by atoms with Crippen molar-refractivity contribution in [3.63, 3.8) is 0 Å². The third-order valence-corrected chi connectivity index (χ3v) is 2.08. The molecule has 0 amide bonds. The fourth-order valence-electron chi connectivity index (χ4n) is 1.02. The Bertz CT molecular complexity index is 262. The van der Waals surface area contributed by atoms with Crippen molar-refractivity contribution in [2.45, 2.75) is 25.6 Å². The molecule has 1 aliphatic rings. The molecule has 4 N–H and O–H groups in total. The second-order valence-corrected chi connectivity index (χ2v) is 4.27. The molecule has 0 spiro atoms. The first-order valence-electron chi connectivity index (χ1n) is 5.18. The number of epoxide rings is 1. The molecule has 1 heterocycles. The maximum absolute atomic E-state index is 8.35. The molecule has 1 aliphatic heterocycles. The molecule has 0 aliphatic carbocycles. The molecule has 0 radical (unpaired) electrons. The predicted molar refractivity (Wildman–Crippen MR) is 59.6 cm³/mol. The van der Waals surface area contributed by atoms with Gasteiger partial charge in [0, 0.05) is 12.7 Å². The van der Waals surface area contributed by atoms with Crippen molar-refractivity contribution in [2.75, 3.05) is 19.8 Å². The summed E-state index contributed by atoms with van der Waals surface area (Å²) in [4.78, 5) is 0. The molecule has 0 aromatic rings. The van der Waals surface area contributed by atoms with Crippen LogP contribution in [-0.2, 0) is 9.47 Å². The third-order valence-electron chi connectivity index (χ3n) is 2.08. The van der Waals surface area contributed by atoms with E-state index in [1.54, 1.807) is 11.7 Å². The van der Waals surface area contributed by atoms with E-state index in [2.05, 4.69) is 5.32 Å². The van der Waals surface area contributed by atoms with E-state index in [9.17, 15) is 0 Å². The minimum Gasteiger partial charge on any atom is -0.388 e. The van der Waals surface area contributed by atoms with E-state index in [1.807, 2.05) is 13.8 Å². The first-order valence-corrected chi connectivity index (χ1v) is 5.18. The van der Waals surface area contributed by atoms with Crippen LogP contribution < -0.4 is 10.8 Å². The van der Waals surface area contributed by atoms with Gasteiger partial charge in [-0.25, -0.2) is 0 Å². The first kappa shape index (κ1) is 13.0. The van der Waals surface area contributed by atoms with Crippen LogP contribution in [0.4, 0.5) is 0 Å². The number of hydroxylamine groups is 1. The fraction of sp³-hybridized carbons (Fsp3) is 0.700. The highest BCUT2D eigenvalue weighted by Gasteiger charge is 2.26. The number of amidine groups is 1. The van der Waals surface area contributed by atoms with E-state index in [-0.39, 0.29) is 17.5 Å². The molecular weight excluding hydrogens is 210 g/mol. The summed E-state index contributed by atoms with van der Waals surface area (Å²) in [6.45, 7) is 5.99. The normalized spacial score (nSPS) is 19.8. The van der Waals surface area contributed by atoms with Crippen molar-refractivity contribution in [3.8, 4) is 0 Å². The number of nitrogens with one attached hydrogen (secondary N) is 3. The predicted octanol–water partition coefficient (Wildman–Crippen LogP) is 0.240. The fourth-order valence-corrected chi connectivity index (χ4v) is 1.02. The van der Waals surface area contributed by atoms with E-state index in [1.165, 1.54) is 6.08 Å². The van der Waals surface area contributed by atoms with Crippen LogP contribution in [0.3, 0.4) is 0 Å². The Morgan fingerprint density at radius 1 is 1.69 bits per heavy atom. The lowest BCUT2D eigenvalue weighted by molar-refractivity contribution is -0.0211. The van der Waals surface area contributed by atoms with E-state index in [4.69, 9.17) is 20.1 Å². The highest BCUT2D eigenvalue weighted by molar-refractivity contribution is 5.88. The molecule has 1 atom stereocenters. The Morgan fingerprint density at radius 3 is 2.94 bits per heavy atom. The lowest BCUT2D eigenvalue weighted by Crippen LogP contribution is -2.36. The minimum atomic E-state index is -0.287. The first-order chi connectivity index (χ1) is 7.53. The van der Waals surface area contributed by atoms with Crippen LogP contribution in [0, 0.1) is 5.41 Å². The molecule has 16 heavy (non-hydrogen) atoms. The van der Waals surface area contributed by atoms with Gasteiger partial charge < -0.3 is 14.8 Å². The topological polar surface area (TPSA) is 89.9 Å². The van der Waals surface area contributed by atoms with Crippen molar-refractivity contribution in [1.29, 1.82) is 5.41 Å². The van der Waals surface area contributed by atoms with E-state index in [0.29, 0.717) is 13.2 Å². The molecule has 1 saturated heterocycles. The van der Waals surface area contributed by atoms with Gasteiger partial charge in [0.15, 0.2) is 0 Å². The Morgan fingerprint density at radius 2 is 2.38 bits per heavy atom. The van der Waals surface area contributed by atoms with Crippen molar-refractivity contribution < 1.29 is 14.7 Å². The summed E-state index contributed by atoms with van der Waals surface area (Å²) in [5, 5.41) is 18.4. The number of hydrogen-bond acceptors (Lipinski definition) is 5. The van der Waals surface area contributed by atoms with Gasteiger partial charge in [0.2, 0.25) is 0 Å². The van der Waals surface area contributed by atoms with Gasteiger partial charge in [-0.3, -0.25) is 16.1 Å². The van der Waals surface area contributed by atoms with Gasteiger partial charge in [-0.15, -0.1) is 0 Å². The van der Waals surface area contributed by atoms with Crippen molar-refractivity contribution in [3.05, 3.63) is 12.3 Å². The number of rotatable bonds is 7. The summed E-state index contributed by atoms with van der Waals surface area (Å²) in [5.74, 6) is -0.0717.